The lowest BCUT2D eigenvalue weighted by atomic mass is 9.87. The highest BCUT2D eigenvalue weighted by Crippen LogP contribution is 2.45. The number of nitrogens with two attached hydrogens (primary N) is 6. The molecule has 34 nitrogen and oxygen atoms in total. The second kappa shape index (κ2) is 43.2. The maximum Gasteiger partial charge on any atom is 0.264 e. The number of nitrogen functional groups attached to an aromatic ring is 6. The van der Waals surface area contributed by atoms with Crippen molar-refractivity contribution in [1.82, 2.24) is 120 Å². The van der Waals surface area contributed by atoms with E-state index >= 15 is 0 Å². The lowest BCUT2D eigenvalue weighted by Crippen LogP contribution is -2.18. The highest BCUT2D eigenvalue weighted by atomic mass is 32.1. The predicted octanol–water partition coefficient (Wildman–Crippen LogP) is 23.2. The second-order valence-corrected chi connectivity index (χ2v) is 41.4. The van der Waals surface area contributed by atoms with Crippen LogP contribution in [0, 0.1) is 27.7 Å². The fraction of sp³-hybridized carbons (Fsp3) is 0.176. The van der Waals surface area contributed by atoms with E-state index in [2.05, 4.69) is 186 Å². The number of pyridine rings is 4. The first kappa shape index (κ1) is 96.9. The summed E-state index contributed by atoms with van der Waals surface area (Å²) < 4.78 is 21.8. The Morgan fingerprint density at radius 3 is 1.08 bits per heavy atom. The van der Waals surface area contributed by atoms with Crippen LogP contribution in [0.3, 0.4) is 0 Å². The summed E-state index contributed by atoms with van der Waals surface area (Å²) in [5, 5.41) is 10.8. The molecule has 0 bridgehead atoms. The molecular formula is C102H90N30O4S8. The van der Waals surface area contributed by atoms with Crippen LogP contribution in [-0.4, -0.2) is 120 Å². The molecule has 3 atom stereocenters. The molecule has 3 unspecified atom stereocenters. The van der Waals surface area contributed by atoms with Gasteiger partial charge in [-0.2, -0.15) is 0 Å². The molecule has 24 aromatic rings. The lowest BCUT2D eigenvalue weighted by Gasteiger charge is -2.22. The van der Waals surface area contributed by atoms with Gasteiger partial charge >= 0.3 is 0 Å². The molecule has 0 saturated heterocycles. The number of nitrogens with zero attached hydrogens (tertiary/aromatic N) is 24. The maximum atomic E-state index is 6.21. The number of hydrogen-bond donors (Lipinski definition) is 6. The van der Waals surface area contributed by atoms with E-state index in [1.165, 1.54) is 50.0 Å². The van der Waals surface area contributed by atoms with Crippen LogP contribution in [0.4, 0.5) is 34.9 Å². The van der Waals surface area contributed by atoms with Crippen LogP contribution in [0.25, 0.3) is 129 Å². The Bertz CT molecular complexity index is 8340. The fourth-order valence-corrected chi connectivity index (χ4v) is 24.0. The maximum absolute atomic E-state index is 6.21. The Balaban J connectivity index is 0.000000109. The summed E-state index contributed by atoms with van der Waals surface area (Å²) in [7, 11) is 0. The average Bonchev–Trinajstić information content (AvgIpc) is 1.62. The largest absolute Gasteiger partial charge is 0.458 e. The molecular weight excluding hydrogens is 1970 g/mol. The summed E-state index contributed by atoms with van der Waals surface area (Å²) in [6.45, 7) is 18.5. The number of hydrogen-bond acceptors (Lipinski definition) is 42. The first-order valence-electron chi connectivity index (χ1n) is 45.3. The van der Waals surface area contributed by atoms with Crippen molar-refractivity contribution in [2.45, 2.75) is 118 Å². The summed E-state index contributed by atoms with van der Waals surface area (Å²) >= 11 is 12.7. The molecule has 0 spiro atoms. The van der Waals surface area contributed by atoms with Crippen LogP contribution >= 0.6 is 90.7 Å². The average molecular weight is 2060 g/mol. The van der Waals surface area contributed by atoms with Gasteiger partial charge in [0.2, 0.25) is 11.6 Å². The van der Waals surface area contributed by atoms with Crippen molar-refractivity contribution in [2.24, 2.45) is 0 Å². The smallest absolute Gasteiger partial charge is 0.264 e. The van der Waals surface area contributed by atoms with Gasteiger partial charge in [-0.15, -0.1) is 90.7 Å². The molecule has 0 fully saturated rings. The molecule has 0 aliphatic rings. The first-order valence-corrected chi connectivity index (χ1v) is 52.0. The first-order chi connectivity index (χ1) is 70.0. The molecule has 42 heteroatoms. The molecule has 24 rings (SSSR count). The van der Waals surface area contributed by atoms with E-state index in [4.69, 9.17) is 57.1 Å². The van der Waals surface area contributed by atoms with Gasteiger partial charge in [0.25, 0.3) is 5.89 Å². The minimum absolute atomic E-state index is 0.218. The molecule has 0 aromatic carbocycles. The van der Waals surface area contributed by atoms with Gasteiger partial charge in [-0.05, 0) is 170 Å². The molecule has 0 saturated carbocycles. The highest BCUT2D eigenvalue weighted by Gasteiger charge is 2.30. The third kappa shape index (κ3) is 21.9. The summed E-state index contributed by atoms with van der Waals surface area (Å²) in [5.41, 5.74) is 44.6. The molecule has 0 amide bonds. The number of aryl methyl sites for hydroxylation is 4. The SMILES string of the molecule is CCC(c1ccccn1)c1cc2c(N)nc(-c3ccc(C)o3)nc2s1.CCC(c1ccccn1)c1cc2c(N)nc(-c3nc(C)cs3)nc2s1.CCC(c1ccccn1)c1cc2c(N)nc(-c3ncco3)nc2s1.Cc1ccc(-c2nc(N)c3cc(C(C)(C)c4ccccn4)sc3n2)o1.Cc1csc(-c2nc(N)c3cc(Cc4cnccn4)sc3n2)n1.Nc1nc(-c2cnco2)nc2sc(Cc3cnccn3)cc12. The zero-order chi connectivity index (χ0) is 99.7. The van der Waals surface area contributed by atoms with Crippen molar-refractivity contribution >= 4 is 187 Å². The number of fused-ring (bicyclic) bond motifs is 6. The van der Waals surface area contributed by atoms with E-state index < -0.39 is 0 Å². The molecule has 0 aliphatic carbocycles. The van der Waals surface area contributed by atoms with Crippen molar-refractivity contribution in [3.8, 4) is 68.1 Å². The Kier molecular flexibility index (Phi) is 29.1. The molecule has 12 N–H and O–H groups in total. The van der Waals surface area contributed by atoms with Crippen LogP contribution in [0.15, 0.2) is 249 Å². The summed E-state index contributed by atoms with van der Waals surface area (Å²) in [4.78, 5) is 118. The van der Waals surface area contributed by atoms with E-state index in [-0.39, 0.29) is 23.2 Å². The molecule has 720 valence electrons. The van der Waals surface area contributed by atoms with Crippen LogP contribution in [0.5, 0.6) is 0 Å². The zero-order valence-corrected chi connectivity index (χ0v) is 85.3. The van der Waals surface area contributed by atoms with Crippen molar-refractivity contribution < 1.29 is 17.7 Å². The Morgan fingerprint density at radius 2 is 0.722 bits per heavy atom. The normalized spacial score (nSPS) is 12.0. The van der Waals surface area contributed by atoms with Gasteiger partial charge in [0.05, 0.1) is 61.8 Å². The van der Waals surface area contributed by atoms with Crippen LogP contribution in [-0.2, 0) is 18.3 Å². The van der Waals surface area contributed by atoms with E-state index in [0.717, 1.165) is 162 Å². The topological polar surface area (TPSA) is 518 Å². The van der Waals surface area contributed by atoms with Gasteiger partial charge in [0.1, 0.15) is 81.7 Å². The highest BCUT2D eigenvalue weighted by molar-refractivity contribution is 7.21. The van der Waals surface area contributed by atoms with E-state index in [0.29, 0.717) is 106 Å². The van der Waals surface area contributed by atoms with Crippen molar-refractivity contribution in [3.05, 3.63) is 318 Å². The third-order valence-electron chi connectivity index (χ3n) is 22.8. The minimum atomic E-state index is -0.236. The van der Waals surface area contributed by atoms with Crippen molar-refractivity contribution in [2.75, 3.05) is 34.4 Å². The van der Waals surface area contributed by atoms with E-state index in [9.17, 15) is 0 Å². The molecule has 24 heterocycles. The number of thiophene rings is 6. The van der Waals surface area contributed by atoms with Gasteiger partial charge in [-0.25, -0.2) is 79.7 Å². The molecule has 144 heavy (non-hydrogen) atoms. The van der Waals surface area contributed by atoms with E-state index in [1.807, 2.05) is 160 Å². The summed E-state index contributed by atoms with van der Waals surface area (Å²) in [6.07, 6.45) is 27.7. The predicted molar refractivity (Wildman–Crippen MR) is 574 cm³/mol. The lowest BCUT2D eigenvalue weighted by molar-refractivity contribution is 0.544. The number of rotatable bonds is 21. The van der Waals surface area contributed by atoms with Crippen LogP contribution in [0.1, 0.15) is 158 Å². The summed E-state index contributed by atoms with van der Waals surface area (Å²) in [6, 6.07) is 43.9. The monoisotopic (exact) mass is 2050 g/mol. The Morgan fingerprint density at radius 1 is 0.333 bits per heavy atom. The number of aromatic nitrogens is 24. The number of thiazole rings is 2. The minimum Gasteiger partial charge on any atom is -0.458 e. The van der Waals surface area contributed by atoms with Gasteiger partial charge in [0.15, 0.2) is 57.0 Å². The molecule has 24 aromatic heterocycles. The number of anilines is 6. The molecule has 0 radical (unpaired) electrons. The summed E-state index contributed by atoms with van der Waals surface area (Å²) in [5.74, 6) is 10.3. The van der Waals surface area contributed by atoms with Gasteiger partial charge in [-0.3, -0.25) is 39.9 Å². The molecule has 0 aliphatic heterocycles. The number of furan rings is 2. The Hall–Kier alpha value is -16.0. The second-order valence-electron chi connectivity index (χ2n) is 33.2. The van der Waals surface area contributed by atoms with Crippen LogP contribution < -0.4 is 34.4 Å². The zero-order valence-electron chi connectivity index (χ0n) is 78.8. The number of oxazole rings is 2. The van der Waals surface area contributed by atoms with Gasteiger partial charge in [0, 0.05) is 166 Å². The standard InChI is InChI=1S/2C19H18N4OS.C18H17N5S2.C17H15N5OS.C15H12N6S2.C14H10N6OS/c1-11-7-8-13(24-11)17-22-16(20)12-10-15(25-18(12)23-17)19(2,3)14-6-4-5-9-21-14;1-3-12(14-6-4-5-9-21-14)16-10-13-17(20)22-18(23-19(13)25-16)15-8-7-11(2)24-15;1-3-11(13-6-4-5-7-20-13)14-8-12-15(19)22-16(23-17(12)25-14)18-21-10(2)9-24-18;1-2-10(12-5-3-4-6-19-12)13-9-11-14(18)21-15(22-17(11)24-13)16-20-7-8-23-16;1-8-7-22-15(19-8)13-20-12(16)11-5-10(23-14(11)21-13)4-9-6-17-2-3-18-9;15-12-10-4-9(3-8-5-16-1-2-18-8)22-14(10)20-13(19-12)11-6-17-7-21-11/h4-10H,1-3H3,(H2,20,22,23);4-10,12H,3H2,1-2H3,(H2,20,22,23);4-9,11H,3H2,1-2H3,(H2,19,22,23);3-10H,2H2,1H3,(H2,18,21,22);2-3,5-7H,4H2,1H3,(H2,16,20,21);1-2,4-7H,3H2,(H2,15,19,20). The Labute approximate surface area is 855 Å². The van der Waals surface area contributed by atoms with E-state index in [1.54, 1.807) is 118 Å². The van der Waals surface area contributed by atoms with Crippen molar-refractivity contribution in [1.29, 1.82) is 0 Å². The van der Waals surface area contributed by atoms with Gasteiger partial charge < -0.3 is 52.1 Å². The van der Waals surface area contributed by atoms with Crippen molar-refractivity contribution in [3.63, 3.8) is 0 Å². The third-order valence-corrected chi connectivity index (χ3v) is 31.5. The van der Waals surface area contributed by atoms with Gasteiger partial charge in [-0.1, -0.05) is 45.0 Å². The van der Waals surface area contributed by atoms with Crippen LogP contribution in [0.2, 0.25) is 0 Å². The fourth-order valence-electron chi connectivity index (χ4n) is 15.6. The quantitative estimate of drug-likeness (QED) is 0.0389.